The number of benzene rings is 3. The molecule has 1 unspecified atom stereocenters. The quantitative estimate of drug-likeness (QED) is 0.692. The Hall–Kier alpha value is -2.78. The molecule has 3 aromatic carbocycles. The van der Waals surface area contributed by atoms with Crippen molar-refractivity contribution in [3.63, 3.8) is 0 Å². The zero-order valence-electron chi connectivity index (χ0n) is 15.7. The third-order valence-electron chi connectivity index (χ3n) is 5.11. The molecule has 138 valence electrons. The number of hydrogen-bond donors (Lipinski definition) is 1. The van der Waals surface area contributed by atoms with E-state index < -0.39 is 0 Å². The Morgan fingerprint density at radius 1 is 0.889 bits per heavy atom. The summed E-state index contributed by atoms with van der Waals surface area (Å²) in [5, 5.41) is 3.67. The number of hydrogen-bond acceptors (Lipinski definition) is 3. The Morgan fingerprint density at radius 3 is 2.30 bits per heavy atom. The van der Waals surface area contributed by atoms with Gasteiger partial charge in [-0.2, -0.15) is 0 Å². The Morgan fingerprint density at radius 2 is 1.59 bits per heavy atom. The summed E-state index contributed by atoms with van der Waals surface area (Å²) >= 11 is 0. The van der Waals surface area contributed by atoms with E-state index in [0.717, 1.165) is 36.4 Å². The maximum absolute atomic E-state index is 6.13. The first-order valence-corrected chi connectivity index (χ1v) is 9.48. The van der Waals surface area contributed by atoms with Gasteiger partial charge >= 0.3 is 0 Å². The summed E-state index contributed by atoms with van der Waals surface area (Å²) in [6, 6.07) is 25.5. The molecule has 3 heteroatoms. The number of rotatable bonds is 6. The van der Waals surface area contributed by atoms with Crippen molar-refractivity contribution in [3.8, 4) is 11.5 Å². The van der Waals surface area contributed by atoms with Crippen LogP contribution in [0.25, 0.3) is 0 Å². The zero-order valence-corrected chi connectivity index (χ0v) is 15.7. The molecule has 4 rings (SSSR count). The second-order valence-electron chi connectivity index (χ2n) is 6.92. The van der Waals surface area contributed by atoms with Crippen molar-refractivity contribution < 1.29 is 9.47 Å². The van der Waals surface area contributed by atoms with Crippen LogP contribution < -0.4 is 14.8 Å². The number of nitrogens with one attached hydrogen (secondary N) is 1. The van der Waals surface area contributed by atoms with Crippen LogP contribution in [-0.4, -0.2) is 13.7 Å². The van der Waals surface area contributed by atoms with E-state index in [1.807, 2.05) is 18.2 Å². The highest BCUT2D eigenvalue weighted by molar-refractivity contribution is 5.50. The molecular weight excluding hydrogens is 334 g/mol. The molecule has 0 amide bonds. The van der Waals surface area contributed by atoms with Crippen LogP contribution >= 0.6 is 0 Å². The van der Waals surface area contributed by atoms with Crippen molar-refractivity contribution in [3.05, 3.63) is 95.1 Å². The Labute approximate surface area is 161 Å². The summed E-state index contributed by atoms with van der Waals surface area (Å²) in [5.74, 6) is 1.62. The van der Waals surface area contributed by atoms with Crippen molar-refractivity contribution in [1.29, 1.82) is 0 Å². The topological polar surface area (TPSA) is 30.5 Å². The van der Waals surface area contributed by atoms with Crippen molar-refractivity contribution in [2.45, 2.75) is 25.5 Å². The van der Waals surface area contributed by atoms with Gasteiger partial charge in [-0.15, -0.1) is 0 Å². The first kappa shape index (κ1) is 17.6. The van der Waals surface area contributed by atoms with Crippen LogP contribution in [0.2, 0.25) is 0 Å². The SMILES string of the molecule is COc1cc2c(cc1OCc1ccccc1)C(Cc1ccccc1)NCC2. The molecule has 0 saturated carbocycles. The van der Waals surface area contributed by atoms with E-state index >= 15 is 0 Å². The summed E-state index contributed by atoms with van der Waals surface area (Å²) in [7, 11) is 1.71. The van der Waals surface area contributed by atoms with Gasteiger partial charge in [0.15, 0.2) is 11.5 Å². The molecule has 0 spiro atoms. The summed E-state index contributed by atoms with van der Waals surface area (Å²) in [6.07, 6.45) is 1.98. The van der Waals surface area contributed by atoms with Crippen molar-refractivity contribution in [1.82, 2.24) is 5.32 Å². The predicted molar refractivity (Wildman–Crippen MR) is 108 cm³/mol. The first-order chi connectivity index (χ1) is 13.3. The van der Waals surface area contributed by atoms with Gasteiger partial charge in [-0.3, -0.25) is 0 Å². The molecule has 1 N–H and O–H groups in total. The lowest BCUT2D eigenvalue weighted by Gasteiger charge is -2.28. The predicted octanol–water partition coefficient (Wildman–Crippen LogP) is 4.70. The minimum Gasteiger partial charge on any atom is -0.493 e. The number of ether oxygens (including phenoxy) is 2. The maximum atomic E-state index is 6.13. The van der Waals surface area contributed by atoms with Crippen LogP contribution in [0.15, 0.2) is 72.8 Å². The summed E-state index contributed by atoms with van der Waals surface area (Å²) in [4.78, 5) is 0. The summed E-state index contributed by atoms with van der Waals surface area (Å²) in [6.45, 7) is 1.52. The molecule has 1 atom stereocenters. The largest absolute Gasteiger partial charge is 0.493 e. The molecule has 0 bridgehead atoms. The smallest absolute Gasteiger partial charge is 0.162 e. The van der Waals surface area contributed by atoms with E-state index in [4.69, 9.17) is 9.47 Å². The zero-order chi connectivity index (χ0) is 18.5. The summed E-state index contributed by atoms with van der Waals surface area (Å²) < 4.78 is 11.7. The highest BCUT2D eigenvalue weighted by Crippen LogP contribution is 2.36. The Kier molecular flexibility index (Phi) is 5.40. The fourth-order valence-electron chi connectivity index (χ4n) is 3.69. The van der Waals surface area contributed by atoms with Gasteiger partial charge in [0.2, 0.25) is 0 Å². The van der Waals surface area contributed by atoms with Crippen LogP contribution in [0.3, 0.4) is 0 Å². The van der Waals surface area contributed by atoms with Crippen molar-refractivity contribution in [2.75, 3.05) is 13.7 Å². The second kappa shape index (κ2) is 8.28. The summed E-state index contributed by atoms with van der Waals surface area (Å²) in [5.41, 5.74) is 5.15. The molecule has 3 aromatic rings. The Balaban J connectivity index is 1.60. The van der Waals surface area contributed by atoms with Gasteiger partial charge in [-0.1, -0.05) is 60.7 Å². The van der Waals surface area contributed by atoms with Crippen LogP contribution in [0, 0.1) is 0 Å². The van der Waals surface area contributed by atoms with Crippen LogP contribution in [0.4, 0.5) is 0 Å². The van der Waals surface area contributed by atoms with Gasteiger partial charge in [0.25, 0.3) is 0 Å². The molecule has 3 nitrogen and oxygen atoms in total. The first-order valence-electron chi connectivity index (χ1n) is 9.48. The van der Waals surface area contributed by atoms with Crippen molar-refractivity contribution >= 4 is 0 Å². The lowest BCUT2D eigenvalue weighted by molar-refractivity contribution is 0.283. The van der Waals surface area contributed by atoms with Gasteiger partial charge in [-0.25, -0.2) is 0 Å². The fraction of sp³-hybridized carbons (Fsp3) is 0.250. The van der Waals surface area contributed by atoms with Gasteiger partial charge in [-0.05, 0) is 53.8 Å². The van der Waals surface area contributed by atoms with E-state index in [1.165, 1.54) is 16.7 Å². The normalized spacial score (nSPS) is 15.8. The Bertz CT molecular complexity index is 878. The van der Waals surface area contributed by atoms with E-state index in [1.54, 1.807) is 7.11 Å². The van der Waals surface area contributed by atoms with Gasteiger partial charge < -0.3 is 14.8 Å². The van der Waals surface area contributed by atoms with E-state index in [9.17, 15) is 0 Å². The second-order valence-corrected chi connectivity index (χ2v) is 6.92. The van der Waals surface area contributed by atoms with Crippen LogP contribution in [-0.2, 0) is 19.4 Å². The molecule has 27 heavy (non-hydrogen) atoms. The fourth-order valence-corrected chi connectivity index (χ4v) is 3.69. The lowest BCUT2D eigenvalue weighted by Crippen LogP contribution is -2.31. The molecule has 0 aromatic heterocycles. The molecule has 1 aliphatic heterocycles. The monoisotopic (exact) mass is 359 g/mol. The van der Waals surface area contributed by atoms with Crippen LogP contribution in [0.5, 0.6) is 11.5 Å². The highest BCUT2D eigenvalue weighted by Gasteiger charge is 2.23. The number of fused-ring (bicyclic) bond motifs is 1. The van der Waals surface area contributed by atoms with Gasteiger partial charge in [0.1, 0.15) is 6.61 Å². The molecule has 0 aliphatic carbocycles. The van der Waals surface area contributed by atoms with Crippen molar-refractivity contribution in [2.24, 2.45) is 0 Å². The third kappa shape index (κ3) is 4.15. The molecule has 0 saturated heterocycles. The molecule has 1 aliphatic rings. The number of methoxy groups -OCH3 is 1. The molecule has 0 radical (unpaired) electrons. The minimum absolute atomic E-state index is 0.293. The standard InChI is InChI=1S/C24H25NO2/c1-26-23-15-20-12-13-25-22(14-18-8-4-2-5-9-18)21(20)16-24(23)27-17-19-10-6-3-7-11-19/h2-11,15-16,22,25H,12-14,17H2,1H3. The van der Waals surface area contributed by atoms with Gasteiger partial charge in [0, 0.05) is 6.04 Å². The lowest BCUT2D eigenvalue weighted by atomic mass is 9.90. The minimum atomic E-state index is 0.293. The third-order valence-corrected chi connectivity index (χ3v) is 5.11. The molecule has 1 heterocycles. The maximum Gasteiger partial charge on any atom is 0.162 e. The molecule has 0 fully saturated rings. The van der Waals surface area contributed by atoms with Crippen LogP contribution in [0.1, 0.15) is 28.3 Å². The average molecular weight is 359 g/mol. The van der Waals surface area contributed by atoms with E-state index in [-0.39, 0.29) is 0 Å². The highest BCUT2D eigenvalue weighted by atomic mass is 16.5. The van der Waals surface area contributed by atoms with E-state index in [0.29, 0.717) is 12.6 Å². The molecular formula is C24H25NO2. The average Bonchev–Trinajstić information content (AvgIpc) is 2.73. The van der Waals surface area contributed by atoms with Gasteiger partial charge in [0.05, 0.1) is 7.11 Å². The van der Waals surface area contributed by atoms with E-state index in [2.05, 4.69) is 59.9 Å².